The van der Waals surface area contributed by atoms with E-state index in [9.17, 15) is 5.11 Å². The van der Waals surface area contributed by atoms with Crippen molar-refractivity contribution in [2.75, 3.05) is 7.11 Å². The van der Waals surface area contributed by atoms with Crippen molar-refractivity contribution in [3.05, 3.63) is 95.7 Å². The van der Waals surface area contributed by atoms with Gasteiger partial charge in [0.1, 0.15) is 6.10 Å². The molecule has 0 saturated heterocycles. The van der Waals surface area contributed by atoms with Gasteiger partial charge in [-0.05, 0) is 42.5 Å². The maximum absolute atomic E-state index is 11.2. The Balaban J connectivity index is 1.95. The quantitative estimate of drug-likeness (QED) is 0.536. The molecule has 4 rings (SSSR count). The predicted octanol–water partition coefficient (Wildman–Crippen LogP) is 4.68. The lowest BCUT2D eigenvalue weighted by Gasteiger charge is -2.18. The van der Waals surface area contributed by atoms with E-state index in [4.69, 9.17) is 16.3 Å². The molecule has 6 heteroatoms. The molecule has 1 atom stereocenters. The summed E-state index contributed by atoms with van der Waals surface area (Å²) in [5.74, 6) is 0.492. The highest BCUT2D eigenvalue weighted by molar-refractivity contribution is 6.30. The Labute approximate surface area is 167 Å². The minimum atomic E-state index is -0.900. The van der Waals surface area contributed by atoms with Gasteiger partial charge in [0.25, 0.3) is 0 Å². The van der Waals surface area contributed by atoms with Crippen molar-refractivity contribution < 1.29 is 9.84 Å². The molecule has 4 aromatic rings. The Morgan fingerprint density at radius 2 is 1.89 bits per heavy atom. The second-order valence-electron chi connectivity index (χ2n) is 6.21. The van der Waals surface area contributed by atoms with Crippen LogP contribution < -0.4 is 4.74 Å². The maximum atomic E-state index is 11.2. The second-order valence-corrected chi connectivity index (χ2v) is 6.65. The molecule has 1 aromatic carbocycles. The van der Waals surface area contributed by atoms with Gasteiger partial charge in [0.2, 0.25) is 5.88 Å². The summed E-state index contributed by atoms with van der Waals surface area (Å²) < 4.78 is 7.36. The molecule has 140 valence electrons. The standard InChI is InChI=1S/C22H18ClN3O2/c1-28-22-19(8-4-11-25-22)18-9-12-26(17-7-2-6-16(23)13-17)20(18)21(27)15-5-3-10-24-14-15/h2-14,21,27H,1H3. The third kappa shape index (κ3) is 3.38. The number of ether oxygens (including phenoxy) is 1. The van der Waals surface area contributed by atoms with Gasteiger partial charge >= 0.3 is 0 Å². The number of benzene rings is 1. The number of hydrogen-bond donors (Lipinski definition) is 1. The number of nitrogens with zero attached hydrogens (tertiary/aromatic N) is 3. The molecular weight excluding hydrogens is 374 g/mol. The van der Waals surface area contributed by atoms with Crippen LogP contribution in [0.2, 0.25) is 5.02 Å². The van der Waals surface area contributed by atoms with E-state index in [-0.39, 0.29) is 0 Å². The van der Waals surface area contributed by atoms with Crippen molar-refractivity contribution in [1.29, 1.82) is 0 Å². The zero-order valence-electron chi connectivity index (χ0n) is 15.2. The average molecular weight is 392 g/mol. The van der Waals surface area contributed by atoms with Crippen molar-refractivity contribution in [2.45, 2.75) is 6.10 Å². The Bertz CT molecular complexity index is 1100. The van der Waals surface area contributed by atoms with Crippen LogP contribution in [0.1, 0.15) is 17.4 Å². The van der Waals surface area contributed by atoms with Crippen LogP contribution in [0, 0.1) is 0 Å². The zero-order chi connectivity index (χ0) is 19.5. The van der Waals surface area contributed by atoms with Gasteiger partial charge in [-0.3, -0.25) is 4.98 Å². The van der Waals surface area contributed by atoms with Gasteiger partial charge in [-0.15, -0.1) is 0 Å². The van der Waals surface area contributed by atoms with Gasteiger partial charge < -0.3 is 14.4 Å². The number of methoxy groups -OCH3 is 1. The smallest absolute Gasteiger partial charge is 0.221 e. The van der Waals surface area contributed by atoms with E-state index in [0.717, 1.165) is 16.8 Å². The normalized spacial score (nSPS) is 12.0. The van der Waals surface area contributed by atoms with Gasteiger partial charge in [0.15, 0.2) is 0 Å². The number of aliphatic hydroxyl groups is 1. The maximum Gasteiger partial charge on any atom is 0.221 e. The van der Waals surface area contributed by atoms with Crippen LogP contribution in [0.5, 0.6) is 5.88 Å². The van der Waals surface area contributed by atoms with Crippen LogP contribution in [-0.2, 0) is 0 Å². The van der Waals surface area contributed by atoms with Crippen LogP contribution >= 0.6 is 11.6 Å². The van der Waals surface area contributed by atoms with E-state index >= 15 is 0 Å². The van der Waals surface area contributed by atoms with Crippen LogP contribution in [0.25, 0.3) is 16.8 Å². The minimum Gasteiger partial charge on any atom is -0.481 e. The van der Waals surface area contributed by atoms with Crippen molar-refractivity contribution in [1.82, 2.24) is 14.5 Å². The molecule has 0 saturated carbocycles. The first-order valence-corrected chi connectivity index (χ1v) is 9.11. The Kier molecular flexibility index (Phi) is 5.10. The first-order chi connectivity index (χ1) is 13.7. The van der Waals surface area contributed by atoms with Gasteiger partial charge in [0, 0.05) is 52.2 Å². The SMILES string of the molecule is COc1ncccc1-c1ccn(-c2cccc(Cl)c2)c1C(O)c1cccnc1. The van der Waals surface area contributed by atoms with E-state index in [1.807, 2.05) is 59.3 Å². The number of aliphatic hydroxyl groups excluding tert-OH is 1. The molecule has 0 aliphatic rings. The molecule has 3 heterocycles. The fraction of sp³-hybridized carbons (Fsp3) is 0.0909. The molecule has 0 spiro atoms. The number of pyridine rings is 2. The molecule has 5 nitrogen and oxygen atoms in total. The summed E-state index contributed by atoms with van der Waals surface area (Å²) in [5, 5.41) is 11.9. The summed E-state index contributed by atoms with van der Waals surface area (Å²) in [6, 6.07) is 16.8. The largest absolute Gasteiger partial charge is 0.481 e. The monoisotopic (exact) mass is 391 g/mol. The summed E-state index contributed by atoms with van der Waals surface area (Å²) in [4.78, 5) is 8.44. The molecule has 1 unspecified atom stereocenters. The number of hydrogen-bond acceptors (Lipinski definition) is 4. The van der Waals surface area contributed by atoms with Gasteiger partial charge in [-0.25, -0.2) is 4.98 Å². The minimum absolute atomic E-state index is 0.492. The van der Waals surface area contributed by atoms with Crippen molar-refractivity contribution in [2.24, 2.45) is 0 Å². The van der Waals surface area contributed by atoms with Crippen LogP contribution in [0.3, 0.4) is 0 Å². The Morgan fingerprint density at radius 3 is 2.64 bits per heavy atom. The topological polar surface area (TPSA) is 60.2 Å². The van der Waals surface area contributed by atoms with E-state index in [1.165, 1.54) is 0 Å². The molecule has 0 fully saturated rings. The highest BCUT2D eigenvalue weighted by Gasteiger charge is 2.23. The molecule has 0 bridgehead atoms. The number of aromatic nitrogens is 3. The number of rotatable bonds is 5. The summed E-state index contributed by atoms with van der Waals surface area (Å²) in [7, 11) is 1.58. The summed E-state index contributed by atoms with van der Waals surface area (Å²) >= 11 is 6.20. The second kappa shape index (κ2) is 7.84. The molecule has 1 N–H and O–H groups in total. The van der Waals surface area contributed by atoms with Crippen molar-refractivity contribution >= 4 is 11.6 Å². The third-order valence-electron chi connectivity index (χ3n) is 4.53. The van der Waals surface area contributed by atoms with E-state index in [0.29, 0.717) is 22.2 Å². The van der Waals surface area contributed by atoms with Crippen LogP contribution in [0.15, 0.2) is 79.4 Å². The molecule has 28 heavy (non-hydrogen) atoms. The van der Waals surface area contributed by atoms with E-state index in [2.05, 4.69) is 9.97 Å². The Hall–Kier alpha value is -3.15. The fourth-order valence-corrected chi connectivity index (χ4v) is 3.44. The lowest BCUT2D eigenvalue weighted by atomic mass is 10.0. The molecule has 0 radical (unpaired) electrons. The van der Waals surface area contributed by atoms with E-state index in [1.54, 1.807) is 31.8 Å². The molecular formula is C22H18ClN3O2. The lowest BCUT2D eigenvalue weighted by molar-refractivity contribution is 0.213. The molecule has 0 amide bonds. The van der Waals surface area contributed by atoms with E-state index < -0.39 is 6.10 Å². The third-order valence-corrected chi connectivity index (χ3v) is 4.76. The number of halogens is 1. The van der Waals surface area contributed by atoms with Crippen LogP contribution in [0.4, 0.5) is 0 Å². The lowest BCUT2D eigenvalue weighted by Crippen LogP contribution is -2.09. The molecule has 0 aliphatic carbocycles. The molecule has 3 aromatic heterocycles. The van der Waals surface area contributed by atoms with Crippen molar-refractivity contribution in [3.8, 4) is 22.7 Å². The Morgan fingerprint density at radius 1 is 1.04 bits per heavy atom. The summed E-state index contributed by atoms with van der Waals surface area (Å²) in [5.41, 5.74) is 3.83. The fourth-order valence-electron chi connectivity index (χ4n) is 3.26. The average Bonchev–Trinajstić information content (AvgIpc) is 3.18. The first kappa shape index (κ1) is 18.2. The van der Waals surface area contributed by atoms with Gasteiger partial charge in [-0.2, -0.15) is 0 Å². The van der Waals surface area contributed by atoms with Gasteiger partial charge in [0.05, 0.1) is 12.8 Å². The highest BCUT2D eigenvalue weighted by Crippen LogP contribution is 2.38. The van der Waals surface area contributed by atoms with Crippen LogP contribution in [-0.4, -0.2) is 26.8 Å². The van der Waals surface area contributed by atoms with Gasteiger partial charge in [-0.1, -0.05) is 23.7 Å². The van der Waals surface area contributed by atoms with Crippen molar-refractivity contribution in [3.63, 3.8) is 0 Å². The zero-order valence-corrected chi connectivity index (χ0v) is 15.9. The summed E-state index contributed by atoms with van der Waals surface area (Å²) in [6.07, 6.45) is 6.01. The summed E-state index contributed by atoms with van der Waals surface area (Å²) in [6.45, 7) is 0. The molecule has 0 aliphatic heterocycles. The highest BCUT2D eigenvalue weighted by atomic mass is 35.5. The predicted molar refractivity (Wildman–Crippen MR) is 109 cm³/mol. The first-order valence-electron chi connectivity index (χ1n) is 8.73.